The minimum Gasteiger partial charge on any atom is -0.486 e. The summed E-state index contributed by atoms with van der Waals surface area (Å²) in [5.41, 5.74) is 1.34. The summed E-state index contributed by atoms with van der Waals surface area (Å²) in [6, 6.07) is 3.50. The number of benzene rings is 1. The summed E-state index contributed by atoms with van der Waals surface area (Å²) in [7, 11) is 1.42. The predicted octanol–water partition coefficient (Wildman–Crippen LogP) is 1.52. The lowest BCUT2D eigenvalue weighted by Gasteiger charge is -2.21. The van der Waals surface area contributed by atoms with Gasteiger partial charge in [-0.25, -0.2) is 19.4 Å². The Hall–Kier alpha value is -2.55. The van der Waals surface area contributed by atoms with Gasteiger partial charge >= 0.3 is 12.2 Å². The van der Waals surface area contributed by atoms with Crippen LogP contribution in [-0.2, 0) is 4.74 Å². The first-order valence-corrected chi connectivity index (χ1v) is 5.40. The first-order valence-electron chi connectivity index (χ1n) is 5.40. The van der Waals surface area contributed by atoms with Gasteiger partial charge in [0, 0.05) is 7.11 Å². The number of carbonyl (C=O) groups is 2. The molecular weight excluding hydrogens is 275 g/mol. The van der Waals surface area contributed by atoms with Gasteiger partial charge in [0.2, 0.25) is 0 Å². The third-order valence-corrected chi connectivity index (χ3v) is 2.12. The number of anilines is 1. The lowest BCUT2D eigenvalue weighted by atomic mass is 10.2. The van der Waals surface area contributed by atoms with E-state index in [0.717, 1.165) is 6.07 Å². The topological polar surface area (TPSA) is 108 Å². The third kappa shape index (κ3) is 3.99. The highest BCUT2D eigenvalue weighted by molar-refractivity contribution is 5.90. The molecule has 1 aromatic carbocycles. The van der Waals surface area contributed by atoms with E-state index in [1.807, 2.05) is 0 Å². The van der Waals surface area contributed by atoms with Crippen LogP contribution >= 0.6 is 0 Å². The molecule has 0 bridgehead atoms. The molecule has 0 aliphatic rings. The van der Waals surface area contributed by atoms with Crippen molar-refractivity contribution in [1.82, 2.24) is 5.43 Å². The van der Waals surface area contributed by atoms with Crippen molar-refractivity contribution in [2.75, 3.05) is 25.3 Å². The average molecular weight is 288 g/mol. The van der Waals surface area contributed by atoms with Crippen LogP contribution in [0.15, 0.2) is 18.2 Å². The maximum atomic E-state index is 13.7. The fraction of sp³-hybridized carbons (Fsp3) is 0.273. The van der Waals surface area contributed by atoms with Crippen LogP contribution in [-0.4, -0.2) is 42.7 Å². The molecular formula is C11H13FN2O6. The van der Waals surface area contributed by atoms with Crippen molar-refractivity contribution in [2.24, 2.45) is 0 Å². The van der Waals surface area contributed by atoms with E-state index in [4.69, 9.17) is 19.7 Å². The van der Waals surface area contributed by atoms with Crippen LogP contribution in [0.4, 0.5) is 19.7 Å². The van der Waals surface area contributed by atoms with Crippen LogP contribution in [0.2, 0.25) is 0 Å². The predicted molar refractivity (Wildman–Crippen MR) is 65.4 cm³/mol. The number of methoxy groups -OCH3 is 1. The monoisotopic (exact) mass is 288 g/mol. The first kappa shape index (κ1) is 15.5. The van der Waals surface area contributed by atoms with E-state index in [1.54, 1.807) is 5.43 Å². The van der Waals surface area contributed by atoms with Gasteiger partial charge in [-0.3, -0.25) is 0 Å². The summed E-state index contributed by atoms with van der Waals surface area (Å²) < 4.78 is 23.5. The summed E-state index contributed by atoms with van der Waals surface area (Å²) in [5.74, 6) is -1.21. The molecule has 0 unspecified atom stereocenters. The second-order valence-electron chi connectivity index (χ2n) is 3.46. The quantitative estimate of drug-likeness (QED) is 0.560. The van der Waals surface area contributed by atoms with Gasteiger partial charge in [-0.2, -0.15) is 5.01 Å². The minimum absolute atomic E-state index is 0.0229. The van der Waals surface area contributed by atoms with E-state index in [-0.39, 0.29) is 29.7 Å². The Kier molecular flexibility index (Phi) is 5.54. The van der Waals surface area contributed by atoms with Gasteiger partial charge in [-0.1, -0.05) is 6.07 Å². The van der Waals surface area contributed by atoms with Crippen LogP contribution in [0.25, 0.3) is 0 Å². The molecule has 110 valence electrons. The normalized spacial score (nSPS) is 9.90. The molecule has 20 heavy (non-hydrogen) atoms. The lowest BCUT2D eigenvalue weighted by Crippen LogP contribution is -2.45. The minimum atomic E-state index is -1.63. The second kappa shape index (κ2) is 7.14. The number of carboxylic acid groups (broad SMARTS) is 2. The van der Waals surface area contributed by atoms with E-state index in [0.29, 0.717) is 0 Å². The molecule has 9 heteroatoms. The van der Waals surface area contributed by atoms with Crippen molar-refractivity contribution in [1.29, 1.82) is 0 Å². The molecule has 0 radical (unpaired) electrons. The summed E-state index contributed by atoms with van der Waals surface area (Å²) in [6.45, 7) is 0.137. The van der Waals surface area contributed by atoms with E-state index in [1.165, 1.54) is 19.2 Å². The average Bonchev–Trinajstić information content (AvgIpc) is 2.37. The molecule has 0 aromatic heterocycles. The number of halogens is 1. The number of amides is 2. The summed E-state index contributed by atoms with van der Waals surface area (Å²) in [4.78, 5) is 21.6. The van der Waals surface area contributed by atoms with Gasteiger partial charge in [0.15, 0.2) is 11.6 Å². The number of nitrogens with zero attached hydrogens (tertiary/aromatic N) is 1. The van der Waals surface area contributed by atoms with Crippen LogP contribution in [0.5, 0.6) is 5.75 Å². The number of ether oxygens (including phenoxy) is 2. The molecule has 1 rings (SSSR count). The first-order chi connectivity index (χ1) is 9.47. The van der Waals surface area contributed by atoms with E-state index < -0.39 is 18.0 Å². The zero-order chi connectivity index (χ0) is 15.1. The van der Waals surface area contributed by atoms with Crippen molar-refractivity contribution in [3.63, 3.8) is 0 Å². The molecule has 0 saturated carbocycles. The zero-order valence-electron chi connectivity index (χ0n) is 10.5. The molecule has 0 saturated heterocycles. The van der Waals surface area contributed by atoms with Gasteiger partial charge in [-0.05, 0) is 12.1 Å². The van der Waals surface area contributed by atoms with Gasteiger partial charge in [0.25, 0.3) is 0 Å². The van der Waals surface area contributed by atoms with Gasteiger partial charge < -0.3 is 19.7 Å². The highest BCUT2D eigenvalue weighted by Crippen LogP contribution is 2.30. The van der Waals surface area contributed by atoms with E-state index in [2.05, 4.69) is 0 Å². The molecule has 1 aromatic rings. The molecule has 0 fully saturated rings. The fourth-order valence-electron chi connectivity index (χ4n) is 1.35. The molecule has 8 nitrogen and oxygen atoms in total. The van der Waals surface area contributed by atoms with Crippen molar-refractivity contribution in [3.05, 3.63) is 24.0 Å². The van der Waals surface area contributed by atoms with Crippen LogP contribution in [0, 0.1) is 5.82 Å². The number of para-hydroxylation sites is 1. The summed E-state index contributed by atoms with van der Waals surface area (Å²) in [5, 5.41) is 17.8. The lowest BCUT2D eigenvalue weighted by molar-refractivity contribution is 0.143. The molecule has 3 N–H and O–H groups in total. The Morgan fingerprint density at radius 1 is 1.35 bits per heavy atom. The van der Waals surface area contributed by atoms with Gasteiger partial charge in [-0.15, -0.1) is 0 Å². The van der Waals surface area contributed by atoms with Crippen LogP contribution < -0.4 is 15.2 Å². The summed E-state index contributed by atoms with van der Waals surface area (Å²) >= 11 is 0. The van der Waals surface area contributed by atoms with E-state index >= 15 is 0 Å². The molecule has 2 amide bonds. The van der Waals surface area contributed by atoms with Crippen LogP contribution in [0.3, 0.4) is 0 Å². The Labute approximate surface area is 113 Å². The Bertz CT molecular complexity index is 496. The molecule has 0 atom stereocenters. The van der Waals surface area contributed by atoms with Crippen molar-refractivity contribution < 1.29 is 33.7 Å². The maximum Gasteiger partial charge on any atom is 0.431 e. The van der Waals surface area contributed by atoms with Gasteiger partial charge in [0.05, 0.1) is 6.61 Å². The molecule has 0 aliphatic carbocycles. The molecule has 0 spiro atoms. The highest BCUT2D eigenvalue weighted by Gasteiger charge is 2.23. The van der Waals surface area contributed by atoms with Crippen LogP contribution in [0.1, 0.15) is 0 Å². The summed E-state index contributed by atoms with van der Waals surface area (Å²) in [6.07, 6.45) is -3.24. The molecule has 0 aliphatic heterocycles. The third-order valence-electron chi connectivity index (χ3n) is 2.12. The number of nitrogens with one attached hydrogen (secondary N) is 1. The Morgan fingerprint density at radius 3 is 2.60 bits per heavy atom. The largest absolute Gasteiger partial charge is 0.486 e. The maximum absolute atomic E-state index is 13.7. The SMILES string of the molecule is COCCOc1c(F)cccc1N(NC(=O)O)C(=O)O. The number of hydrazine groups is 1. The smallest absolute Gasteiger partial charge is 0.431 e. The second-order valence-corrected chi connectivity index (χ2v) is 3.46. The highest BCUT2D eigenvalue weighted by atomic mass is 19.1. The van der Waals surface area contributed by atoms with E-state index in [9.17, 15) is 14.0 Å². The Balaban J connectivity index is 3.09. The number of rotatable bonds is 5. The van der Waals surface area contributed by atoms with Crippen molar-refractivity contribution in [3.8, 4) is 5.75 Å². The van der Waals surface area contributed by atoms with Crippen molar-refractivity contribution >= 4 is 17.9 Å². The van der Waals surface area contributed by atoms with Gasteiger partial charge in [0.1, 0.15) is 12.3 Å². The molecule has 0 heterocycles. The standard InChI is InChI=1S/C11H13FN2O6/c1-19-5-6-20-9-7(12)3-2-4-8(9)14(11(17)18)13-10(15)16/h2-4,13H,5-6H2,1H3,(H,15,16)(H,17,18). The Morgan fingerprint density at radius 2 is 2.05 bits per heavy atom. The van der Waals surface area contributed by atoms with Crippen molar-refractivity contribution in [2.45, 2.75) is 0 Å². The number of hydrogen-bond donors (Lipinski definition) is 3. The fourth-order valence-corrected chi connectivity index (χ4v) is 1.35. The number of hydrogen-bond acceptors (Lipinski definition) is 4. The zero-order valence-corrected chi connectivity index (χ0v) is 10.5.